The predicted molar refractivity (Wildman–Crippen MR) is 72.1 cm³/mol. The normalized spacial score (nSPS) is 13.8. The zero-order valence-corrected chi connectivity index (χ0v) is 11.2. The van der Waals surface area contributed by atoms with Gasteiger partial charge in [0.25, 0.3) is 0 Å². The Bertz CT molecular complexity index is 479. The largest absolute Gasteiger partial charge is 0.480 e. The third-order valence-corrected chi connectivity index (χ3v) is 3.09. The Balaban J connectivity index is 2.07. The minimum absolute atomic E-state index is 0.175. The van der Waals surface area contributed by atoms with E-state index >= 15 is 0 Å². The van der Waals surface area contributed by atoms with E-state index in [2.05, 4.69) is 6.58 Å². The van der Waals surface area contributed by atoms with Crippen molar-refractivity contribution in [1.29, 1.82) is 0 Å². The Kier molecular flexibility index (Phi) is 4.45. The molecule has 1 fully saturated rings. The van der Waals surface area contributed by atoms with E-state index in [0.717, 1.165) is 12.8 Å². The molecule has 0 radical (unpaired) electrons. The molecule has 2 rings (SSSR count). The number of hydrogen-bond donors (Lipinski definition) is 1. The summed E-state index contributed by atoms with van der Waals surface area (Å²) < 4.78 is 5.26. The maximum Gasteiger partial charge on any atom is 0.323 e. The van der Waals surface area contributed by atoms with Crippen molar-refractivity contribution in [2.75, 3.05) is 13.1 Å². The molecule has 2 amide bonds. The third kappa shape index (κ3) is 3.63. The maximum atomic E-state index is 12.5. The predicted octanol–water partition coefficient (Wildman–Crippen LogP) is 1.94. The third-order valence-electron chi connectivity index (χ3n) is 3.09. The summed E-state index contributed by atoms with van der Waals surface area (Å²) in [5.41, 5.74) is 0. The van der Waals surface area contributed by atoms with E-state index in [-0.39, 0.29) is 25.2 Å². The first-order valence-corrected chi connectivity index (χ1v) is 6.52. The van der Waals surface area contributed by atoms with Gasteiger partial charge in [-0.3, -0.25) is 4.79 Å². The van der Waals surface area contributed by atoms with E-state index in [9.17, 15) is 9.59 Å². The van der Waals surface area contributed by atoms with Gasteiger partial charge in [0.05, 0.1) is 12.8 Å². The summed E-state index contributed by atoms with van der Waals surface area (Å²) >= 11 is 0. The molecule has 1 aromatic rings. The van der Waals surface area contributed by atoms with Crippen LogP contribution in [0.1, 0.15) is 18.6 Å². The van der Waals surface area contributed by atoms with Gasteiger partial charge in [-0.2, -0.15) is 0 Å². The van der Waals surface area contributed by atoms with Gasteiger partial charge in [-0.25, -0.2) is 4.79 Å². The first-order chi connectivity index (χ1) is 9.61. The van der Waals surface area contributed by atoms with Crippen LogP contribution in [0, 0.1) is 0 Å². The molecule has 0 spiro atoms. The molecule has 0 saturated heterocycles. The second kappa shape index (κ2) is 6.27. The number of carboxylic acid groups (broad SMARTS) is 1. The molecule has 1 aliphatic carbocycles. The standard InChI is InChI=1S/C14H18N2O4/c1-2-7-15(10-13(17)18)14(19)16(11-5-6-11)9-12-4-3-8-20-12/h2-4,8,11H,1,5-7,9-10H2,(H,17,18). The van der Waals surface area contributed by atoms with Gasteiger partial charge in [0.2, 0.25) is 0 Å². The van der Waals surface area contributed by atoms with Crippen molar-refractivity contribution >= 4 is 12.0 Å². The first kappa shape index (κ1) is 14.2. The Morgan fingerprint density at radius 2 is 2.25 bits per heavy atom. The number of carbonyl (C=O) groups excluding carboxylic acids is 1. The molecule has 1 saturated carbocycles. The zero-order valence-electron chi connectivity index (χ0n) is 11.2. The van der Waals surface area contributed by atoms with Gasteiger partial charge in [0, 0.05) is 12.6 Å². The topological polar surface area (TPSA) is 74.0 Å². The van der Waals surface area contributed by atoms with Crippen molar-refractivity contribution in [3.05, 3.63) is 36.8 Å². The molecule has 1 aliphatic rings. The highest BCUT2D eigenvalue weighted by Gasteiger charge is 2.35. The van der Waals surface area contributed by atoms with Crippen LogP contribution in [0.15, 0.2) is 35.5 Å². The van der Waals surface area contributed by atoms with E-state index in [4.69, 9.17) is 9.52 Å². The lowest BCUT2D eigenvalue weighted by Gasteiger charge is -2.28. The number of furan rings is 1. The lowest BCUT2D eigenvalue weighted by atomic mass is 10.3. The maximum absolute atomic E-state index is 12.5. The molecular formula is C14H18N2O4. The summed E-state index contributed by atoms with van der Waals surface area (Å²) in [4.78, 5) is 26.3. The number of hydrogen-bond acceptors (Lipinski definition) is 3. The smallest absolute Gasteiger partial charge is 0.323 e. The summed E-state index contributed by atoms with van der Waals surface area (Å²) in [5.74, 6) is -0.340. The van der Waals surface area contributed by atoms with E-state index in [1.54, 1.807) is 23.3 Å². The molecule has 0 unspecified atom stereocenters. The fourth-order valence-electron chi connectivity index (χ4n) is 2.02. The minimum Gasteiger partial charge on any atom is -0.480 e. The highest BCUT2D eigenvalue weighted by molar-refractivity contribution is 5.80. The molecule has 20 heavy (non-hydrogen) atoms. The van der Waals surface area contributed by atoms with Crippen LogP contribution in [-0.2, 0) is 11.3 Å². The molecule has 6 heteroatoms. The quantitative estimate of drug-likeness (QED) is 0.773. The van der Waals surface area contributed by atoms with Crippen molar-refractivity contribution in [3.8, 4) is 0 Å². The summed E-state index contributed by atoms with van der Waals surface area (Å²) in [7, 11) is 0. The van der Waals surface area contributed by atoms with E-state index in [1.165, 1.54) is 11.0 Å². The van der Waals surface area contributed by atoms with Crippen LogP contribution in [0.5, 0.6) is 0 Å². The van der Waals surface area contributed by atoms with E-state index in [1.807, 2.05) is 0 Å². The summed E-state index contributed by atoms with van der Waals surface area (Å²) in [6.07, 6.45) is 4.98. The number of nitrogens with zero attached hydrogens (tertiary/aromatic N) is 2. The van der Waals surface area contributed by atoms with Gasteiger partial charge in [0.1, 0.15) is 12.3 Å². The number of urea groups is 1. The van der Waals surface area contributed by atoms with Gasteiger partial charge in [-0.1, -0.05) is 6.08 Å². The number of carbonyl (C=O) groups is 2. The van der Waals surface area contributed by atoms with Crippen molar-refractivity contribution in [3.63, 3.8) is 0 Å². The number of rotatable bonds is 7. The summed E-state index contributed by atoms with van der Waals surface area (Å²) in [6, 6.07) is 3.46. The first-order valence-electron chi connectivity index (χ1n) is 6.52. The molecule has 108 valence electrons. The Labute approximate surface area is 117 Å². The lowest BCUT2D eigenvalue weighted by Crippen LogP contribution is -2.46. The van der Waals surface area contributed by atoms with Crippen LogP contribution in [-0.4, -0.2) is 46.0 Å². The molecule has 6 nitrogen and oxygen atoms in total. The van der Waals surface area contributed by atoms with Gasteiger partial charge in [0.15, 0.2) is 0 Å². The van der Waals surface area contributed by atoms with E-state index in [0.29, 0.717) is 12.3 Å². The molecule has 0 bridgehead atoms. The van der Waals surface area contributed by atoms with Crippen LogP contribution < -0.4 is 0 Å². The Hall–Kier alpha value is -2.24. The highest BCUT2D eigenvalue weighted by atomic mass is 16.4. The molecule has 0 atom stereocenters. The van der Waals surface area contributed by atoms with Crippen LogP contribution in [0.3, 0.4) is 0 Å². The second-order valence-electron chi connectivity index (χ2n) is 4.78. The molecular weight excluding hydrogens is 260 g/mol. The summed E-state index contributed by atoms with van der Waals surface area (Å²) in [5, 5.41) is 8.89. The average Bonchev–Trinajstić information content (AvgIpc) is 3.11. The van der Waals surface area contributed by atoms with Gasteiger partial charge < -0.3 is 19.3 Å². The van der Waals surface area contributed by atoms with Crippen LogP contribution in [0.4, 0.5) is 4.79 Å². The number of aliphatic carboxylic acids is 1. The lowest BCUT2D eigenvalue weighted by molar-refractivity contribution is -0.137. The fraction of sp³-hybridized carbons (Fsp3) is 0.429. The van der Waals surface area contributed by atoms with Crippen LogP contribution in [0.2, 0.25) is 0 Å². The Morgan fingerprint density at radius 1 is 1.50 bits per heavy atom. The highest BCUT2D eigenvalue weighted by Crippen LogP contribution is 2.29. The molecule has 1 heterocycles. The Morgan fingerprint density at radius 3 is 2.75 bits per heavy atom. The van der Waals surface area contributed by atoms with Gasteiger partial charge in [-0.05, 0) is 25.0 Å². The number of carboxylic acids is 1. The van der Waals surface area contributed by atoms with Crippen molar-refractivity contribution in [2.45, 2.75) is 25.4 Å². The molecule has 1 N–H and O–H groups in total. The molecule has 1 aromatic heterocycles. The fourth-order valence-corrected chi connectivity index (χ4v) is 2.02. The van der Waals surface area contributed by atoms with Crippen LogP contribution >= 0.6 is 0 Å². The van der Waals surface area contributed by atoms with Gasteiger partial charge in [-0.15, -0.1) is 6.58 Å². The van der Waals surface area contributed by atoms with E-state index < -0.39 is 5.97 Å². The molecule has 0 aliphatic heterocycles. The minimum atomic E-state index is -1.03. The van der Waals surface area contributed by atoms with Crippen molar-refractivity contribution in [2.24, 2.45) is 0 Å². The number of amides is 2. The molecule has 0 aromatic carbocycles. The SMILES string of the molecule is C=CCN(CC(=O)O)C(=O)N(Cc1ccco1)C1CC1. The van der Waals surface area contributed by atoms with Crippen molar-refractivity contribution in [1.82, 2.24) is 9.80 Å². The second-order valence-corrected chi connectivity index (χ2v) is 4.78. The van der Waals surface area contributed by atoms with Gasteiger partial charge >= 0.3 is 12.0 Å². The van der Waals surface area contributed by atoms with Crippen LogP contribution in [0.25, 0.3) is 0 Å². The summed E-state index contributed by atoms with van der Waals surface area (Å²) in [6.45, 7) is 3.81. The zero-order chi connectivity index (χ0) is 14.5. The van der Waals surface area contributed by atoms with Crippen molar-refractivity contribution < 1.29 is 19.1 Å². The monoisotopic (exact) mass is 278 g/mol. The average molecular weight is 278 g/mol.